The molecule has 3 aromatic rings. The van der Waals surface area contributed by atoms with Crippen LogP contribution in [0.25, 0.3) is 10.2 Å². The third-order valence-corrected chi connectivity index (χ3v) is 4.46. The Morgan fingerprint density at radius 1 is 1.41 bits per heavy atom. The number of amides is 1. The molecule has 3 rings (SSSR count). The highest BCUT2D eigenvalue weighted by atomic mass is 32.1. The molecule has 0 bridgehead atoms. The summed E-state index contributed by atoms with van der Waals surface area (Å²) in [5.74, 6) is 0.705. The Balaban J connectivity index is 1.82. The second-order valence-electron chi connectivity index (χ2n) is 5.30. The van der Waals surface area contributed by atoms with Gasteiger partial charge in [-0.05, 0) is 38.5 Å². The van der Waals surface area contributed by atoms with Crippen molar-refractivity contribution >= 4 is 27.5 Å². The molecule has 1 amide bonds. The van der Waals surface area contributed by atoms with Crippen LogP contribution in [0.4, 0.5) is 0 Å². The van der Waals surface area contributed by atoms with Gasteiger partial charge in [0.25, 0.3) is 5.91 Å². The Morgan fingerprint density at radius 3 is 2.91 bits per heavy atom. The van der Waals surface area contributed by atoms with E-state index in [-0.39, 0.29) is 11.9 Å². The first kappa shape index (κ1) is 14.7. The fraction of sp³-hybridized carbons (Fsp3) is 0.312. The van der Waals surface area contributed by atoms with Crippen molar-refractivity contribution in [3.63, 3.8) is 0 Å². The summed E-state index contributed by atoms with van der Waals surface area (Å²) in [5.41, 5.74) is 2.58. The first-order valence-corrected chi connectivity index (χ1v) is 8.08. The Kier molecular flexibility index (Phi) is 3.94. The molecule has 114 valence electrons. The molecule has 2 heterocycles. The van der Waals surface area contributed by atoms with Crippen molar-refractivity contribution in [3.8, 4) is 0 Å². The Bertz CT molecular complexity index is 821. The summed E-state index contributed by atoms with van der Waals surface area (Å²) in [6.07, 6.45) is 2.55. The fourth-order valence-electron chi connectivity index (χ4n) is 2.40. The number of aromatic nitrogens is 3. The van der Waals surface area contributed by atoms with Gasteiger partial charge in [0, 0.05) is 17.5 Å². The van der Waals surface area contributed by atoms with Crippen molar-refractivity contribution in [1.82, 2.24) is 20.3 Å². The minimum atomic E-state index is -0.111. The molecule has 0 aliphatic rings. The molecular formula is C16H18N4OS. The van der Waals surface area contributed by atoms with E-state index < -0.39 is 0 Å². The highest BCUT2D eigenvalue weighted by Crippen LogP contribution is 2.23. The van der Waals surface area contributed by atoms with Crippen LogP contribution < -0.4 is 5.32 Å². The van der Waals surface area contributed by atoms with E-state index in [4.69, 9.17) is 0 Å². The highest BCUT2D eigenvalue weighted by Gasteiger charge is 2.17. The largest absolute Gasteiger partial charge is 0.344 e. The molecule has 0 unspecified atom stereocenters. The van der Waals surface area contributed by atoms with Gasteiger partial charge in [-0.2, -0.15) is 0 Å². The maximum Gasteiger partial charge on any atom is 0.251 e. The summed E-state index contributed by atoms with van der Waals surface area (Å²) >= 11 is 1.60. The van der Waals surface area contributed by atoms with Crippen LogP contribution in [0.1, 0.15) is 46.3 Å². The number of nitrogens with one attached hydrogen (secondary N) is 2. The van der Waals surface area contributed by atoms with Crippen molar-refractivity contribution < 1.29 is 4.79 Å². The SMILES string of the molecule is CC[C@H](NC(=O)c1ccc2nc(C)sc2c1)c1ncc(C)[nH]1. The van der Waals surface area contributed by atoms with Gasteiger partial charge < -0.3 is 10.3 Å². The summed E-state index contributed by atoms with van der Waals surface area (Å²) in [5, 5.41) is 4.04. The lowest BCUT2D eigenvalue weighted by atomic mass is 10.1. The van der Waals surface area contributed by atoms with Gasteiger partial charge in [0.05, 0.1) is 21.3 Å². The molecule has 0 aliphatic carbocycles. The smallest absolute Gasteiger partial charge is 0.251 e. The molecule has 0 fully saturated rings. The number of carbonyl (C=O) groups excluding carboxylic acids is 1. The Hall–Kier alpha value is -2.21. The predicted octanol–water partition coefficient (Wildman–Crippen LogP) is 3.52. The van der Waals surface area contributed by atoms with Gasteiger partial charge >= 0.3 is 0 Å². The summed E-state index contributed by atoms with van der Waals surface area (Å²) in [7, 11) is 0. The number of hydrogen-bond acceptors (Lipinski definition) is 4. The first-order chi connectivity index (χ1) is 10.6. The molecule has 0 aliphatic heterocycles. The van der Waals surface area contributed by atoms with Crippen LogP contribution in [0.3, 0.4) is 0 Å². The number of nitrogens with zero attached hydrogens (tertiary/aromatic N) is 2. The lowest BCUT2D eigenvalue weighted by Crippen LogP contribution is -2.28. The second kappa shape index (κ2) is 5.88. The topological polar surface area (TPSA) is 70.7 Å². The Morgan fingerprint density at radius 2 is 2.23 bits per heavy atom. The number of aromatic amines is 1. The molecule has 2 aromatic heterocycles. The zero-order valence-corrected chi connectivity index (χ0v) is 13.6. The number of thiazole rings is 1. The molecule has 2 N–H and O–H groups in total. The fourth-order valence-corrected chi connectivity index (χ4v) is 3.26. The van der Waals surface area contributed by atoms with Gasteiger partial charge in [0.1, 0.15) is 5.82 Å². The van der Waals surface area contributed by atoms with E-state index in [2.05, 4.69) is 20.3 Å². The zero-order chi connectivity index (χ0) is 15.7. The number of H-pyrrole nitrogens is 1. The quantitative estimate of drug-likeness (QED) is 0.774. The average molecular weight is 314 g/mol. The summed E-state index contributed by atoms with van der Waals surface area (Å²) in [6.45, 7) is 5.94. The van der Waals surface area contributed by atoms with Gasteiger partial charge in [-0.3, -0.25) is 4.79 Å². The number of rotatable bonds is 4. The minimum absolute atomic E-state index is 0.0890. The van der Waals surface area contributed by atoms with Gasteiger partial charge in [-0.1, -0.05) is 6.92 Å². The summed E-state index contributed by atoms with van der Waals surface area (Å²) < 4.78 is 1.03. The predicted molar refractivity (Wildman–Crippen MR) is 88.2 cm³/mol. The van der Waals surface area contributed by atoms with Crippen LogP contribution in [0.2, 0.25) is 0 Å². The molecule has 0 radical (unpaired) electrons. The van der Waals surface area contributed by atoms with Crippen molar-refractivity contribution in [2.75, 3.05) is 0 Å². The van der Waals surface area contributed by atoms with Crippen LogP contribution in [0.15, 0.2) is 24.4 Å². The molecular weight excluding hydrogens is 296 g/mol. The molecule has 1 atom stereocenters. The minimum Gasteiger partial charge on any atom is -0.344 e. The van der Waals surface area contributed by atoms with E-state index in [1.807, 2.05) is 39.0 Å². The highest BCUT2D eigenvalue weighted by molar-refractivity contribution is 7.18. The molecule has 0 saturated heterocycles. The lowest BCUT2D eigenvalue weighted by Gasteiger charge is -2.14. The van der Waals surface area contributed by atoms with Crippen molar-refractivity contribution in [1.29, 1.82) is 0 Å². The van der Waals surface area contributed by atoms with E-state index in [9.17, 15) is 4.79 Å². The molecule has 0 saturated carbocycles. The van der Waals surface area contributed by atoms with E-state index in [1.165, 1.54) is 0 Å². The van der Waals surface area contributed by atoms with Crippen molar-refractivity contribution in [3.05, 3.63) is 46.5 Å². The third-order valence-electron chi connectivity index (χ3n) is 3.52. The number of aryl methyl sites for hydroxylation is 2. The van der Waals surface area contributed by atoms with Crippen LogP contribution >= 0.6 is 11.3 Å². The molecule has 22 heavy (non-hydrogen) atoms. The molecule has 0 spiro atoms. The van der Waals surface area contributed by atoms with Crippen LogP contribution in [0, 0.1) is 13.8 Å². The standard InChI is InChI=1S/C16H18N4OS/c1-4-12(15-17-8-9(2)18-15)20-16(21)11-5-6-13-14(7-11)22-10(3)19-13/h5-8,12H,4H2,1-3H3,(H,17,18)(H,20,21)/t12-/m0/s1. The summed E-state index contributed by atoms with van der Waals surface area (Å²) in [4.78, 5) is 24.4. The van der Waals surface area contributed by atoms with E-state index in [0.717, 1.165) is 33.2 Å². The van der Waals surface area contributed by atoms with Gasteiger partial charge in [-0.25, -0.2) is 9.97 Å². The normalized spacial score (nSPS) is 12.5. The average Bonchev–Trinajstić information content (AvgIpc) is 3.08. The summed E-state index contributed by atoms with van der Waals surface area (Å²) in [6, 6.07) is 5.50. The zero-order valence-electron chi connectivity index (χ0n) is 12.8. The number of benzene rings is 1. The van der Waals surface area contributed by atoms with E-state index >= 15 is 0 Å². The Labute approximate surface area is 132 Å². The molecule has 6 heteroatoms. The third kappa shape index (κ3) is 2.87. The lowest BCUT2D eigenvalue weighted by molar-refractivity contribution is 0.0934. The van der Waals surface area contributed by atoms with Crippen molar-refractivity contribution in [2.24, 2.45) is 0 Å². The number of imidazole rings is 1. The molecule has 1 aromatic carbocycles. The second-order valence-corrected chi connectivity index (χ2v) is 6.54. The van der Waals surface area contributed by atoms with E-state index in [0.29, 0.717) is 5.56 Å². The van der Waals surface area contributed by atoms with Crippen LogP contribution in [-0.4, -0.2) is 20.9 Å². The van der Waals surface area contributed by atoms with Gasteiger partial charge in [0.15, 0.2) is 0 Å². The number of hydrogen-bond donors (Lipinski definition) is 2. The van der Waals surface area contributed by atoms with Gasteiger partial charge in [-0.15, -0.1) is 11.3 Å². The van der Waals surface area contributed by atoms with Gasteiger partial charge in [0.2, 0.25) is 0 Å². The number of fused-ring (bicyclic) bond motifs is 1. The number of carbonyl (C=O) groups is 1. The van der Waals surface area contributed by atoms with Crippen LogP contribution in [0.5, 0.6) is 0 Å². The molecule has 5 nitrogen and oxygen atoms in total. The maximum absolute atomic E-state index is 12.5. The first-order valence-electron chi connectivity index (χ1n) is 7.26. The van der Waals surface area contributed by atoms with Crippen LogP contribution in [-0.2, 0) is 0 Å². The van der Waals surface area contributed by atoms with E-state index in [1.54, 1.807) is 17.5 Å². The maximum atomic E-state index is 12.5. The monoisotopic (exact) mass is 314 g/mol. The van der Waals surface area contributed by atoms with Crippen molar-refractivity contribution in [2.45, 2.75) is 33.2 Å².